The Labute approximate surface area is 125 Å². The van der Waals surface area contributed by atoms with Crippen molar-refractivity contribution in [2.45, 2.75) is 50.5 Å². The van der Waals surface area contributed by atoms with Crippen LogP contribution in [0.1, 0.15) is 38.2 Å². The van der Waals surface area contributed by atoms with Crippen LogP contribution in [-0.4, -0.2) is 14.5 Å². The van der Waals surface area contributed by atoms with Crippen LogP contribution < -0.4 is 10.5 Å². The lowest BCUT2D eigenvalue weighted by Crippen LogP contribution is -2.41. The Bertz CT molecular complexity index is 601. The third kappa shape index (κ3) is 3.27. The molecule has 1 saturated carbocycles. The second-order valence-electron chi connectivity index (χ2n) is 5.63. The number of nitrogens with one attached hydrogen (secondary N) is 1. The topological polar surface area (TPSA) is 72.2 Å². The monoisotopic (exact) mass is 316 g/mol. The first kappa shape index (κ1) is 15.6. The van der Waals surface area contributed by atoms with Gasteiger partial charge in [-0.25, -0.2) is 13.1 Å². The van der Waals surface area contributed by atoms with E-state index < -0.39 is 10.0 Å². The van der Waals surface area contributed by atoms with Gasteiger partial charge >= 0.3 is 0 Å². The number of benzene rings is 1. The summed E-state index contributed by atoms with van der Waals surface area (Å²) in [5.74, 6) is 0.364. The van der Waals surface area contributed by atoms with Gasteiger partial charge < -0.3 is 5.73 Å². The molecule has 0 saturated heterocycles. The maximum absolute atomic E-state index is 12.5. The largest absolute Gasteiger partial charge is 0.397 e. The highest BCUT2D eigenvalue weighted by Crippen LogP contribution is 2.29. The average molecular weight is 317 g/mol. The smallest absolute Gasteiger partial charge is 0.241 e. The summed E-state index contributed by atoms with van der Waals surface area (Å²) in [5, 5.41) is 0.382. The molecule has 1 fully saturated rings. The Kier molecular flexibility index (Phi) is 4.62. The lowest BCUT2D eigenvalue weighted by atomic mass is 9.87. The Balaban J connectivity index is 2.28. The van der Waals surface area contributed by atoms with Crippen LogP contribution in [0.4, 0.5) is 5.69 Å². The quantitative estimate of drug-likeness (QED) is 0.842. The van der Waals surface area contributed by atoms with Gasteiger partial charge in [0.05, 0.1) is 15.6 Å². The van der Waals surface area contributed by atoms with E-state index in [0.717, 1.165) is 19.3 Å². The van der Waals surface area contributed by atoms with E-state index in [4.69, 9.17) is 17.3 Å². The summed E-state index contributed by atoms with van der Waals surface area (Å²) in [6.07, 6.45) is 4.20. The fraction of sp³-hybridized carbons (Fsp3) is 0.571. The van der Waals surface area contributed by atoms with E-state index in [1.807, 2.05) is 0 Å². The minimum atomic E-state index is -3.55. The van der Waals surface area contributed by atoms with Crippen LogP contribution >= 0.6 is 11.6 Å². The molecule has 0 amide bonds. The first-order chi connectivity index (χ1) is 9.31. The lowest BCUT2D eigenvalue weighted by Gasteiger charge is -2.29. The summed E-state index contributed by atoms with van der Waals surface area (Å²) < 4.78 is 27.9. The summed E-state index contributed by atoms with van der Waals surface area (Å²) in [6.45, 7) is 3.82. The molecule has 0 aromatic heterocycles. The summed E-state index contributed by atoms with van der Waals surface area (Å²) >= 11 is 5.91. The van der Waals surface area contributed by atoms with Gasteiger partial charge in [0.2, 0.25) is 10.0 Å². The zero-order valence-corrected chi connectivity index (χ0v) is 13.4. The molecule has 1 aliphatic carbocycles. The van der Waals surface area contributed by atoms with Crippen molar-refractivity contribution < 1.29 is 8.42 Å². The number of anilines is 1. The third-order valence-corrected chi connectivity index (χ3v) is 5.96. The van der Waals surface area contributed by atoms with Crippen molar-refractivity contribution in [3.63, 3.8) is 0 Å². The van der Waals surface area contributed by atoms with Crippen molar-refractivity contribution in [1.29, 1.82) is 0 Å². The molecular formula is C14H21ClN2O2S. The molecule has 3 N–H and O–H groups in total. The molecule has 6 heteroatoms. The maximum atomic E-state index is 12.5. The van der Waals surface area contributed by atoms with Crippen LogP contribution in [0.15, 0.2) is 17.0 Å². The van der Waals surface area contributed by atoms with E-state index in [-0.39, 0.29) is 16.6 Å². The normalized spacial score (nSPS) is 23.8. The summed E-state index contributed by atoms with van der Waals surface area (Å²) in [7, 11) is -3.55. The molecule has 0 heterocycles. The standard InChI is InChI=1S/C14H21ClN2O2S/c1-9-5-3-4-6-13(9)17-20(18,19)14-8-12(16)11(15)7-10(14)2/h7-9,13,17H,3-6,16H2,1-2H3. The van der Waals surface area contributed by atoms with Crippen molar-refractivity contribution in [2.24, 2.45) is 5.92 Å². The van der Waals surface area contributed by atoms with Gasteiger partial charge in [0.15, 0.2) is 0 Å². The third-order valence-electron chi connectivity index (χ3n) is 4.00. The van der Waals surface area contributed by atoms with Gasteiger partial charge in [0, 0.05) is 6.04 Å². The highest BCUT2D eigenvalue weighted by molar-refractivity contribution is 7.89. The predicted molar refractivity (Wildman–Crippen MR) is 82.3 cm³/mol. The zero-order valence-electron chi connectivity index (χ0n) is 11.8. The summed E-state index contributed by atoms with van der Waals surface area (Å²) in [4.78, 5) is 0.220. The second kappa shape index (κ2) is 5.92. The SMILES string of the molecule is Cc1cc(Cl)c(N)cc1S(=O)(=O)NC1CCCCC1C. The average Bonchev–Trinajstić information content (AvgIpc) is 2.36. The number of halogens is 1. The van der Waals surface area contributed by atoms with Crippen LogP contribution in [0.3, 0.4) is 0 Å². The van der Waals surface area contributed by atoms with Gasteiger partial charge in [-0.15, -0.1) is 0 Å². The zero-order chi connectivity index (χ0) is 14.9. The van der Waals surface area contributed by atoms with E-state index in [1.165, 1.54) is 12.5 Å². The van der Waals surface area contributed by atoms with Crippen LogP contribution in [0.25, 0.3) is 0 Å². The maximum Gasteiger partial charge on any atom is 0.241 e. The molecule has 4 nitrogen and oxygen atoms in total. The van der Waals surface area contributed by atoms with E-state index in [9.17, 15) is 8.42 Å². The number of aryl methyl sites for hydroxylation is 1. The number of sulfonamides is 1. The molecule has 0 radical (unpaired) electrons. The predicted octanol–water partition coefficient (Wildman–Crippen LogP) is 3.09. The summed E-state index contributed by atoms with van der Waals surface area (Å²) in [5.41, 5.74) is 6.62. The number of hydrogen-bond donors (Lipinski definition) is 2. The first-order valence-electron chi connectivity index (χ1n) is 6.89. The van der Waals surface area contributed by atoms with Gasteiger partial charge in [-0.1, -0.05) is 31.4 Å². The van der Waals surface area contributed by atoms with Crippen LogP contribution in [-0.2, 0) is 10.0 Å². The minimum Gasteiger partial charge on any atom is -0.397 e. The number of nitrogen functional groups attached to an aromatic ring is 1. The number of hydrogen-bond acceptors (Lipinski definition) is 3. The second-order valence-corrected chi connectivity index (χ2v) is 7.72. The number of nitrogens with two attached hydrogens (primary N) is 1. The van der Waals surface area contributed by atoms with Gasteiger partial charge in [-0.3, -0.25) is 0 Å². The molecule has 112 valence electrons. The molecule has 2 unspecified atom stereocenters. The van der Waals surface area contributed by atoms with E-state index in [2.05, 4.69) is 11.6 Å². The fourth-order valence-corrected chi connectivity index (χ4v) is 4.57. The highest BCUT2D eigenvalue weighted by Gasteiger charge is 2.27. The molecule has 1 aliphatic rings. The van der Waals surface area contributed by atoms with Crippen molar-refractivity contribution >= 4 is 27.3 Å². The molecular weight excluding hydrogens is 296 g/mol. The molecule has 1 aromatic carbocycles. The Hall–Kier alpha value is -0.780. The van der Waals surface area contributed by atoms with E-state index in [1.54, 1.807) is 13.0 Å². The fourth-order valence-electron chi connectivity index (χ4n) is 2.71. The molecule has 0 aliphatic heterocycles. The van der Waals surface area contributed by atoms with Crippen molar-refractivity contribution in [2.75, 3.05) is 5.73 Å². The van der Waals surface area contributed by atoms with Crippen LogP contribution in [0.5, 0.6) is 0 Å². The Morgan fingerprint density at radius 2 is 1.95 bits per heavy atom. The van der Waals surface area contributed by atoms with Crippen molar-refractivity contribution in [3.05, 3.63) is 22.7 Å². The van der Waals surface area contributed by atoms with E-state index >= 15 is 0 Å². The lowest BCUT2D eigenvalue weighted by molar-refractivity contribution is 0.310. The molecule has 2 rings (SSSR count). The van der Waals surface area contributed by atoms with Gasteiger partial charge in [-0.05, 0) is 43.4 Å². The Morgan fingerprint density at radius 3 is 2.60 bits per heavy atom. The van der Waals surface area contributed by atoms with Gasteiger partial charge in [-0.2, -0.15) is 0 Å². The molecule has 0 bridgehead atoms. The highest BCUT2D eigenvalue weighted by atomic mass is 35.5. The summed E-state index contributed by atoms with van der Waals surface area (Å²) in [6, 6.07) is 3.04. The number of rotatable bonds is 3. The minimum absolute atomic E-state index is 0.00468. The first-order valence-corrected chi connectivity index (χ1v) is 8.75. The van der Waals surface area contributed by atoms with E-state index in [0.29, 0.717) is 16.5 Å². The molecule has 20 heavy (non-hydrogen) atoms. The van der Waals surface area contributed by atoms with Crippen LogP contribution in [0.2, 0.25) is 5.02 Å². The molecule has 0 spiro atoms. The molecule has 2 atom stereocenters. The van der Waals surface area contributed by atoms with Crippen molar-refractivity contribution in [3.8, 4) is 0 Å². The van der Waals surface area contributed by atoms with Crippen molar-refractivity contribution in [1.82, 2.24) is 4.72 Å². The van der Waals surface area contributed by atoms with Gasteiger partial charge in [0.1, 0.15) is 0 Å². The molecule has 1 aromatic rings. The Morgan fingerprint density at radius 1 is 1.30 bits per heavy atom. The van der Waals surface area contributed by atoms with Gasteiger partial charge in [0.25, 0.3) is 0 Å². The van der Waals surface area contributed by atoms with Crippen LogP contribution in [0, 0.1) is 12.8 Å².